The Labute approximate surface area is 126 Å². The van der Waals surface area contributed by atoms with Crippen molar-refractivity contribution in [2.24, 2.45) is 7.05 Å². The van der Waals surface area contributed by atoms with Gasteiger partial charge in [-0.3, -0.25) is 9.48 Å². The Balaban J connectivity index is 2.17. The van der Waals surface area contributed by atoms with E-state index in [2.05, 4.69) is 10.4 Å². The zero-order valence-electron chi connectivity index (χ0n) is 12.3. The minimum atomic E-state index is -0.990. The van der Waals surface area contributed by atoms with Gasteiger partial charge in [-0.05, 0) is 19.4 Å². The lowest BCUT2D eigenvalue weighted by atomic mass is 10.1. The Morgan fingerprint density at radius 2 is 2.24 bits per heavy atom. The average molecular weight is 309 g/mol. The third-order valence-corrected chi connectivity index (χ3v) is 4.57. The third-order valence-electron chi connectivity index (χ3n) is 3.37. The van der Waals surface area contributed by atoms with Gasteiger partial charge in [0.05, 0.1) is 10.6 Å². The van der Waals surface area contributed by atoms with Crippen molar-refractivity contribution in [1.29, 1.82) is 0 Å². The number of carboxylic acid groups (broad SMARTS) is 1. The van der Waals surface area contributed by atoms with Crippen molar-refractivity contribution in [3.63, 3.8) is 0 Å². The highest BCUT2D eigenvalue weighted by Crippen LogP contribution is 2.27. The van der Waals surface area contributed by atoms with Crippen LogP contribution in [0.2, 0.25) is 0 Å². The van der Waals surface area contributed by atoms with E-state index in [0.717, 1.165) is 28.8 Å². The standard InChI is InChI=1S/C14H19N3O3S/c1-4-5-6-10(14(19)20)15-12(18)11-7-9-8(2)16-17(3)13(9)21-11/h7,10H,4-6H2,1-3H3,(H,15,18)(H,19,20)/t10-/m0/s1. The first-order valence-corrected chi connectivity index (χ1v) is 7.72. The summed E-state index contributed by atoms with van der Waals surface area (Å²) in [6, 6.07) is 0.943. The van der Waals surface area contributed by atoms with Crippen molar-refractivity contribution in [1.82, 2.24) is 15.1 Å². The zero-order valence-corrected chi connectivity index (χ0v) is 13.2. The molecule has 7 heteroatoms. The first-order valence-electron chi connectivity index (χ1n) is 6.90. The fraction of sp³-hybridized carbons (Fsp3) is 0.500. The maximum absolute atomic E-state index is 12.2. The normalized spacial score (nSPS) is 12.5. The second-order valence-electron chi connectivity index (χ2n) is 5.05. The van der Waals surface area contributed by atoms with Crippen molar-refractivity contribution in [2.75, 3.05) is 0 Å². The van der Waals surface area contributed by atoms with Gasteiger partial charge in [-0.25, -0.2) is 4.79 Å². The molecule has 0 aliphatic rings. The molecule has 2 aromatic rings. The van der Waals surface area contributed by atoms with Crippen molar-refractivity contribution in [3.05, 3.63) is 16.6 Å². The first-order chi connectivity index (χ1) is 9.93. The molecule has 21 heavy (non-hydrogen) atoms. The smallest absolute Gasteiger partial charge is 0.326 e. The molecule has 2 aromatic heterocycles. The Morgan fingerprint density at radius 3 is 2.81 bits per heavy atom. The molecular formula is C14H19N3O3S. The molecule has 1 atom stereocenters. The molecule has 0 aliphatic heterocycles. The number of hydrogen-bond acceptors (Lipinski definition) is 4. The molecule has 0 unspecified atom stereocenters. The number of aryl methyl sites for hydroxylation is 2. The third kappa shape index (κ3) is 3.24. The van der Waals surface area contributed by atoms with Crippen LogP contribution < -0.4 is 5.32 Å². The van der Waals surface area contributed by atoms with Crippen LogP contribution in [0.4, 0.5) is 0 Å². The Hall–Kier alpha value is -1.89. The van der Waals surface area contributed by atoms with E-state index in [9.17, 15) is 9.59 Å². The SMILES string of the molecule is CCCC[C@H](NC(=O)c1cc2c(C)nn(C)c2s1)C(=O)O. The number of fused-ring (bicyclic) bond motifs is 1. The number of aliphatic carboxylic acids is 1. The molecule has 0 aliphatic carbocycles. The molecule has 2 rings (SSSR count). The maximum Gasteiger partial charge on any atom is 0.326 e. The minimum absolute atomic E-state index is 0.334. The van der Waals surface area contributed by atoms with Gasteiger partial charge in [0.15, 0.2) is 0 Å². The second-order valence-corrected chi connectivity index (χ2v) is 6.08. The molecule has 0 aromatic carbocycles. The number of carbonyl (C=O) groups excluding carboxylic acids is 1. The van der Waals surface area contributed by atoms with E-state index in [1.807, 2.05) is 20.9 Å². The van der Waals surface area contributed by atoms with Gasteiger partial charge in [-0.15, -0.1) is 11.3 Å². The average Bonchev–Trinajstić information content (AvgIpc) is 2.97. The summed E-state index contributed by atoms with van der Waals surface area (Å²) in [7, 11) is 1.83. The summed E-state index contributed by atoms with van der Waals surface area (Å²) in [6.45, 7) is 3.88. The topological polar surface area (TPSA) is 84.2 Å². The largest absolute Gasteiger partial charge is 0.480 e. The summed E-state index contributed by atoms with van der Waals surface area (Å²) in [6.07, 6.45) is 2.11. The number of amides is 1. The summed E-state index contributed by atoms with van der Waals surface area (Å²) < 4.78 is 1.73. The molecule has 0 radical (unpaired) electrons. The molecule has 0 spiro atoms. The number of thiophene rings is 1. The quantitative estimate of drug-likeness (QED) is 0.857. The van der Waals surface area contributed by atoms with Gasteiger partial charge in [0.2, 0.25) is 0 Å². The highest BCUT2D eigenvalue weighted by molar-refractivity contribution is 7.20. The molecule has 1 amide bonds. The fourth-order valence-electron chi connectivity index (χ4n) is 2.21. The number of rotatable bonds is 6. The lowest BCUT2D eigenvalue weighted by molar-refractivity contribution is -0.139. The zero-order chi connectivity index (χ0) is 15.6. The fourth-order valence-corrected chi connectivity index (χ4v) is 3.24. The molecule has 114 valence electrons. The number of carbonyl (C=O) groups is 2. The van der Waals surface area contributed by atoms with Crippen molar-refractivity contribution in [2.45, 2.75) is 39.2 Å². The number of unbranched alkanes of at least 4 members (excludes halogenated alkanes) is 1. The molecule has 0 saturated carbocycles. The molecular weight excluding hydrogens is 290 g/mol. The summed E-state index contributed by atoms with van der Waals surface area (Å²) in [4.78, 5) is 24.8. The minimum Gasteiger partial charge on any atom is -0.480 e. The van der Waals surface area contributed by atoms with E-state index in [1.54, 1.807) is 10.7 Å². The van der Waals surface area contributed by atoms with Crippen LogP contribution in [0.5, 0.6) is 0 Å². The van der Waals surface area contributed by atoms with Gasteiger partial charge in [0.25, 0.3) is 5.91 Å². The highest BCUT2D eigenvalue weighted by atomic mass is 32.1. The van der Waals surface area contributed by atoms with Crippen LogP contribution in [0.25, 0.3) is 10.2 Å². The van der Waals surface area contributed by atoms with Crippen LogP contribution >= 0.6 is 11.3 Å². The van der Waals surface area contributed by atoms with Gasteiger partial charge < -0.3 is 10.4 Å². The van der Waals surface area contributed by atoms with Gasteiger partial charge in [-0.1, -0.05) is 19.8 Å². The molecule has 2 N–H and O–H groups in total. The lowest BCUT2D eigenvalue weighted by Gasteiger charge is -2.13. The second kappa shape index (κ2) is 6.26. The van der Waals surface area contributed by atoms with Crippen molar-refractivity contribution < 1.29 is 14.7 Å². The summed E-state index contributed by atoms with van der Waals surface area (Å²) in [5.74, 6) is -1.32. The summed E-state index contributed by atoms with van der Waals surface area (Å²) >= 11 is 1.33. The van der Waals surface area contributed by atoms with Gasteiger partial charge in [-0.2, -0.15) is 5.10 Å². The number of nitrogens with one attached hydrogen (secondary N) is 1. The monoisotopic (exact) mass is 309 g/mol. The van der Waals surface area contributed by atoms with Crippen molar-refractivity contribution >= 4 is 33.4 Å². The number of carboxylic acids is 1. The lowest BCUT2D eigenvalue weighted by Crippen LogP contribution is -2.40. The van der Waals surface area contributed by atoms with E-state index in [-0.39, 0.29) is 5.91 Å². The van der Waals surface area contributed by atoms with Crippen LogP contribution in [0.15, 0.2) is 6.07 Å². The Morgan fingerprint density at radius 1 is 1.52 bits per heavy atom. The summed E-state index contributed by atoms with van der Waals surface area (Å²) in [5.41, 5.74) is 0.864. The number of nitrogens with zero attached hydrogens (tertiary/aromatic N) is 2. The van der Waals surface area contributed by atoms with E-state index in [1.165, 1.54) is 11.3 Å². The van der Waals surface area contributed by atoms with E-state index >= 15 is 0 Å². The van der Waals surface area contributed by atoms with E-state index in [4.69, 9.17) is 5.11 Å². The molecule has 0 bridgehead atoms. The predicted octanol–water partition coefficient (Wildman–Crippen LogP) is 2.32. The van der Waals surface area contributed by atoms with Crippen LogP contribution in [-0.4, -0.2) is 32.8 Å². The number of hydrogen-bond donors (Lipinski definition) is 2. The van der Waals surface area contributed by atoms with E-state index < -0.39 is 12.0 Å². The van der Waals surface area contributed by atoms with Crippen LogP contribution in [0, 0.1) is 6.92 Å². The van der Waals surface area contributed by atoms with E-state index in [0.29, 0.717) is 11.3 Å². The highest BCUT2D eigenvalue weighted by Gasteiger charge is 2.22. The molecule has 2 heterocycles. The maximum atomic E-state index is 12.2. The Bertz CT molecular complexity index is 640. The summed E-state index contributed by atoms with van der Waals surface area (Å²) in [5, 5.41) is 17.0. The molecule has 0 saturated heterocycles. The van der Waals surface area contributed by atoms with Crippen LogP contribution in [0.1, 0.15) is 41.6 Å². The van der Waals surface area contributed by atoms with Crippen LogP contribution in [0.3, 0.4) is 0 Å². The van der Waals surface area contributed by atoms with Crippen molar-refractivity contribution in [3.8, 4) is 0 Å². The predicted molar refractivity (Wildman–Crippen MR) is 81.7 cm³/mol. The van der Waals surface area contributed by atoms with Gasteiger partial charge in [0.1, 0.15) is 10.9 Å². The molecule has 6 nitrogen and oxygen atoms in total. The first kappa shape index (κ1) is 15.5. The van der Waals surface area contributed by atoms with Crippen LogP contribution in [-0.2, 0) is 11.8 Å². The van der Waals surface area contributed by atoms with Gasteiger partial charge in [0, 0.05) is 12.4 Å². The van der Waals surface area contributed by atoms with Gasteiger partial charge >= 0.3 is 5.97 Å². The molecule has 0 fully saturated rings. The Kier molecular flexibility index (Phi) is 4.62. The number of aromatic nitrogens is 2.